The molecule has 4 rings (SSSR count). The van der Waals surface area contributed by atoms with Gasteiger partial charge in [0.25, 0.3) is 0 Å². The maximum Gasteiger partial charge on any atom is 0.350 e. The van der Waals surface area contributed by atoms with Gasteiger partial charge in [0.2, 0.25) is 0 Å². The van der Waals surface area contributed by atoms with Crippen LogP contribution in [0.15, 0.2) is 70.7 Å². The highest BCUT2D eigenvalue weighted by Crippen LogP contribution is 2.25. The molecule has 5 nitrogen and oxygen atoms in total. The molecule has 0 saturated carbocycles. The molecule has 0 amide bonds. The van der Waals surface area contributed by atoms with E-state index in [1.807, 2.05) is 42.5 Å². The van der Waals surface area contributed by atoms with E-state index in [1.54, 1.807) is 6.20 Å². The van der Waals surface area contributed by atoms with E-state index in [0.717, 1.165) is 16.9 Å². The molecule has 4 aromatic rings. The van der Waals surface area contributed by atoms with Gasteiger partial charge < -0.3 is 0 Å². The lowest BCUT2D eigenvalue weighted by Crippen LogP contribution is -2.19. The number of hydrogen-bond acceptors (Lipinski definition) is 4. The predicted molar refractivity (Wildman–Crippen MR) is 99.8 cm³/mol. The van der Waals surface area contributed by atoms with Gasteiger partial charge in [-0.05, 0) is 23.6 Å². The average Bonchev–Trinajstić information content (AvgIpc) is 3.06. The second-order valence-electron chi connectivity index (χ2n) is 5.72. The summed E-state index contributed by atoms with van der Waals surface area (Å²) < 4.78 is 1.31. The fourth-order valence-corrected chi connectivity index (χ4v) is 3.60. The van der Waals surface area contributed by atoms with Crippen molar-refractivity contribution in [2.75, 3.05) is 0 Å². The van der Waals surface area contributed by atoms with E-state index < -0.39 is 0 Å². The first-order valence-electron chi connectivity index (χ1n) is 7.93. The summed E-state index contributed by atoms with van der Waals surface area (Å²) in [5.74, 6) is 0.751. The van der Waals surface area contributed by atoms with Crippen LogP contribution < -0.4 is 5.69 Å². The van der Waals surface area contributed by atoms with Gasteiger partial charge in [-0.15, -0.1) is 0 Å². The van der Waals surface area contributed by atoms with Gasteiger partial charge in [-0.1, -0.05) is 66.4 Å². The van der Waals surface area contributed by atoms with Gasteiger partial charge in [-0.25, -0.2) is 9.78 Å². The number of thioether (sulfide) groups is 1. The topological polar surface area (TPSA) is 63.1 Å². The lowest BCUT2D eigenvalue weighted by atomic mass is 10.1. The third-order valence-electron chi connectivity index (χ3n) is 4.07. The minimum absolute atomic E-state index is 0.278. The van der Waals surface area contributed by atoms with Crippen LogP contribution in [0.5, 0.6) is 0 Å². The fourth-order valence-electron chi connectivity index (χ4n) is 2.67. The first-order chi connectivity index (χ1) is 12.2. The van der Waals surface area contributed by atoms with Gasteiger partial charge in [0, 0.05) is 11.3 Å². The van der Waals surface area contributed by atoms with Crippen molar-refractivity contribution in [3.05, 3.63) is 82.4 Å². The zero-order chi connectivity index (χ0) is 17.2. The number of nitrogens with zero attached hydrogens (tertiary/aromatic N) is 3. The van der Waals surface area contributed by atoms with Crippen molar-refractivity contribution < 1.29 is 0 Å². The fraction of sp³-hybridized carbons (Fsp3) is 0.105. The zero-order valence-corrected chi connectivity index (χ0v) is 14.5. The predicted octanol–water partition coefficient (Wildman–Crippen LogP) is 3.69. The molecule has 0 bridgehead atoms. The minimum atomic E-state index is -0.278. The highest BCUT2D eigenvalue weighted by molar-refractivity contribution is 7.98. The number of nitrogens with one attached hydrogen (secondary N) is 1. The Morgan fingerprint density at radius 3 is 2.64 bits per heavy atom. The SMILES string of the molecule is Cc1ccccc1CSc1nc2c(-c3ccccc3)cnn2c(=O)[nH]1. The van der Waals surface area contributed by atoms with Gasteiger partial charge >= 0.3 is 5.69 Å². The Bertz CT molecular complexity index is 1090. The van der Waals surface area contributed by atoms with Gasteiger partial charge in [0.1, 0.15) is 0 Å². The molecule has 124 valence electrons. The first kappa shape index (κ1) is 15.7. The Kier molecular flexibility index (Phi) is 4.11. The number of aryl methyl sites for hydroxylation is 1. The molecule has 1 N–H and O–H groups in total. The molecule has 25 heavy (non-hydrogen) atoms. The van der Waals surface area contributed by atoms with E-state index in [2.05, 4.69) is 34.1 Å². The number of H-pyrrole nitrogens is 1. The standard InChI is InChI=1S/C19H16N4OS/c1-13-7-5-6-10-15(13)12-25-18-21-17-16(14-8-3-2-4-9-14)11-20-23(17)19(24)22-18/h2-11H,12H2,1H3,(H,21,22,24). The van der Waals surface area contributed by atoms with Crippen LogP contribution in [0.4, 0.5) is 0 Å². The smallest absolute Gasteiger partial charge is 0.285 e. The maximum absolute atomic E-state index is 12.3. The van der Waals surface area contributed by atoms with Gasteiger partial charge in [0.05, 0.1) is 6.20 Å². The summed E-state index contributed by atoms with van der Waals surface area (Å²) >= 11 is 1.52. The van der Waals surface area contributed by atoms with E-state index in [-0.39, 0.29) is 5.69 Å². The summed E-state index contributed by atoms with van der Waals surface area (Å²) in [6.07, 6.45) is 1.68. The van der Waals surface area contributed by atoms with E-state index in [4.69, 9.17) is 0 Å². The highest BCUT2D eigenvalue weighted by Gasteiger charge is 2.12. The molecular weight excluding hydrogens is 332 g/mol. The highest BCUT2D eigenvalue weighted by atomic mass is 32.2. The molecule has 6 heteroatoms. The summed E-state index contributed by atoms with van der Waals surface area (Å²) in [6, 6.07) is 18.1. The molecule has 0 aliphatic heterocycles. The molecule has 0 fully saturated rings. The van der Waals surface area contributed by atoms with Gasteiger partial charge in [-0.2, -0.15) is 9.61 Å². The van der Waals surface area contributed by atoms with Gasteiger partial charge in [0.15, 0.2) is 10.8 Å². The quantitative estimate of drug-likeness (QED) is 0.571. The summed E-state index contributed by atoms with van der Waals surface area (Å²) in [5, 5.41) is 4.77. The zero-order valence-electron chi connectivity index (χ0n) is 13.6. The van der Waals surface area contributed by atoms with E-state index >= 15 is 0 Å². The third kappa shape index (κ3) is 3.08. The molecule has 0 atom stereocenters. The lowest BCUT2D eigenvalue weighted by Gasteiger charge is -2.05. The van der Waals surface area contributed by atoms with Crippen molar-refractivity contribution in [1.82, 2.24) is 19.6 Å². The number of hydrogen-bond donors (Lipinski definition) is 1. The van der Waals surface area contributed by atoms with E-state index in [9.17, 15) is 4.79 Å². The number of benzene rings is 2. The Balaban J connectivity index is 1.71. The van der Waals surface area contributed by atoms with Crippen LogP contribution in [0.1, 0.15) is 11.1 Å². The van der Waals surface area contributed by atoms with Crippen molar-refractivity contribution in [3.63, 3.8) is 0 Å². The van der Waals surface area contributed by atoms with Crippen LogP contribution in [0.2, 0.25) is 0 Å². The van der Waals surface area contributed by atoms with Crippen LogP contribution in [-0.2, 0) is 5.75 Å². The Morgan fingerprint density at radius 1 is 1.08 bits per heavy atom. The maximum atomic E-state index is 12.3. The van der Waals surface area contributed by atoms with E-state index in [0.29, 0.717) is 10.8 Å². The molecule has 0 saturated heterocycles. The van der Waals surface area contributed by atoms with Crippen LogP contribution in [-0.4, -0.2) is 19.6 Å². The number of rotatable bonds is 4. The molecule has 0 aliphatic carbocycles. The van der Waals surface area contributed by atoms with Crippen LogP contribution in [0.25, 0.3) is 16.8 Å². The summed E-state index contributed by atoms with van der Waals surface area (Å²) in [7, 11) is 0. The van der Waals surface area contributed by atoms with Crippen molar-refractivity contribution in [3.8, 4) is 11.1 Å². The van der Waals surface area contributed by atoms with Crippen LogP contribution in [0.3, 0.4) is 0 Å². The van der Waals surface area contributed by atoms with Crippen molar-refractivity contribution >= 4 is 17.4 Å². The largest absolute Gasteiger partial charge is 0.350 e. The summed E-state index contributed by atoms with van der Waals surface area (Å²) in [4.78, 5) is 19.7. The second-order valence-corrected chi connectivity index (χ2v) is 6.69. The molecule has 2 aromatic heterocycles. The monoisotopic (exact) mass is 348 g/mol. The Labute approximate surface area is 148 Å². The third-order valence-corrected chi connectivity index (χ3v) is 4.99. The number of aromatic amines is 1. The summed E-state index contributed by atoms with van der Waals surface area (Å²) in [6.45, 7) is 2.08. The number of aromatic nitrogens is 4. The van der Waals surface area contributed by atoms with Crippen molar-refractivity contribution in [1.29, 1.82) is 0 Å². The number of fused-ring (bicyclic) bond motifs is 1. The normalized spacial score (nSPS) is 11.1. The average molecular weight is 348 g/mol. The van der Waals surface area contributed by atoms with Crippen LogP contribution in [0, 0.1) is 6.92 Å². The van der Waals surface area contributed by atoms with Crippen molar-refractivity contribution in [2.24, 2.45) is 0 Å². The molecule has 0 unspecified atom stereocenters. The molecule has 0 aliphatic rings. The summed E-state index contributed by atoms with van der Waals surface area (Å²) in [5.41, 5.74) is 4.59. The van der Waals surface area contributed by atoms with Crippen LogP contribution >= 0.6 is 11.8 Å². The second kappa shape index (κ2) is 6.57. The van der Waals surface area contributed by atoms with Gasteiger partial charge in [-0.3, -0.25) is 4.98 Å². The Morgan fingerprint density at radius 2 is 1.84 bits per heavy atom. The van der Waals surface area contributed by atoms with E-state index in [1.165, 1.54) is 27.4 Å². The van der Waals surface area contributed by atoms with Crippen molar-refractivity contribution in [2.45, 2.75) is 17.8 Å². The molecule has 0 radical (unpaired) electrons. The molecule has 2 aromatic carbocycles. The Hall–Kier alpha value is -2.86. The molecular formula is C19H16N4OS. The lowest BCUT2D eigenvalue weighted by molar-refractivity contribution is 0.786. The minimum Gasteiger partial charge on any atom is -0.285 e. The first-order valence-corrected chi connectivity index (χ1v) is 8.92. The molecule has 2 heterocycles. The molecule has 0 spiro atoms.